The van der Waals surface area contributed by atoms with E-state index in [0.29, 0.717) is 11.3 Å². The van der Waals surface area contributed by atoms with E-state index in [2.05, 4.69) is 36.3 Å². The summed E-state index contributed by atoms with van der Waals surface area (Å²) in [6.07, 6.45) is 3.73. The number of carbonyl (C=O) groups excluding carboxylic acids is 1. The van der Waals surface area contributed by atoms with E-state index in [1.54, 1.807) is 0 Å². The van der Waals surface area contributed by atoms with Gasteiger partial charge in [-0.3, -0.25) is 4.79 Å². The highest BCUT2D eigenvalue weighted by Crippen LogP contribution is 2.33. The number of likely N-dealkylation sites (tertiary alicyclic amines) is 1. The molecule has 24 heavy (non-hydrogen) atoms. The number of thiophene rings is 1. The van der Waals surface area contributed by atoms with Crippen LogP contribution < -0.4 is 5.32 Å². The second-order valence-corrected chi connectivity index (χ2v) is 8.45. The number of piperidine rings is 1. The first kappa shape index (κ1) is 17.5. The zero-order valence-corrected chi connectivity index (χ0v) is 15.8. The second-order valence-electron chi connectivity index (χ2n) is 6.30. The van der Waals surface area contributed by atoms with Gasteiger partial charge in [0.15, 0.2) is 0 Å². The van der Waals surface area contributed by atoms with E-state index in [0.717, 1.165) is 11.3 Å². The molecule has 0 bridgehead atoms. The molecule has 0 spiro atoms. The summed E-state index contributed by atoms with van der Waals surface area (Å²) in [5.41, 5.74) is 1.57. The molecule has 1 amide bonds. The van der Waals surface area contributed by atoms with E-state index >= 15 is 0 Å². The number of hydrogen-bond acceptors (Lipinski definition) is 4. The van der Waals surface area contributed by atoms with Crippen LogP contribution in [0.5, 0.6) is 0 Å². The molecule has 0 saturated carbocycles. The lowest BCUT2D eigenvalue weighted by atomic mass is 10.0. The van der Waals surface area contributed by atoms with Crippen LogP contribution in [0.1, 0.15) is 36.5 Å². The first-order valence-corrected chi connectivity index (χ1v) is 10.3. The van der Waals surface area contributed by atoms with Crippen LogP contribution in [0.3, 0.4) is 0 Å². The van der Waals surface area contributed by atoms with Crippen molar-refractivity contribution in [3.63, 3.8) is 0 Å². The van der Waals surface area contributed by atoms with Crippen molar-refractivity contribution in [3.05, 3.63) is 46.7 Å². The average Bonchev–Trinajstić information content (AvgIpc) is 3.13. The Morgan fingerprint density at radius 2 is 2.12 bits per heavy atom. The van der Waals surface area contributed by atoms with Crippen LogP contribution in [0.25, 0.3) is 0 Å². The molecule has 1 N–H and O–H groups in total. The van der Waals surface area contributed by atoms with E-state index in [-0.39, 0.29) is 5.91 Å². The van der Waals surface area contributed by atoms with Gasteiger partial charge in [0, 0.05) is 27.3 Å². The zero-order chi connectivity index (χ0) is 16.9. The number of amides is 1. The predicted molar refractivity (Wildman–Crippen MR) is 104 cm³/mol. The number of carbonyl (C=O) groups is 1. The average molecular weight is 361 g/mol. The molecule has 0 aliphatic carbocycles. The van der Waals surface area contributed by atoms with E-state index in [1.165, 1.54) is 42.0 Å². The Morgan fingerprint density at radius 3 is 2.79 bits per heavy atom. The molecule has 2 heterocycles. The van der Waals surface area contributed by atoms with Gasteiger partial charge in [0.05, 0.1) is 5.56 Å². The first-order chi connectivity index (χ1) is 11.7. The Labute approximate surface area is 152 Å². The molecule has 128 valence electrons. The molecule has 1 saturated heterocycles. The number of thioether (sulfide) groups is 1. The maximum absolute atomic E-state index is 12.1. The fourth-order valence-corrected chi connectivity index (χ4v) is 4.98. The van der Waals surface area contributed by atoms with Gasteiger partial charge in [0.25, 0.3) is 5.91 Å². The molecule has 3 nitrogen and oxygen atoms in total. The number of nitrogens with zero attached hydrogens (tertiary/aromatic N) is 1. The summed E-state index contributed by atoms with van der Waals surface area (Å²) in [5, 5.41) is 7.42. The predicted octanol–water partition coefficient (Wildman–Crippen LogP) is 4.97. The standard InChI is InChI=1S/C19H24N2OS2/c1-3-16-12-18(8-10-21(16)2)24-17-6-4-15(5-7-17)20-19(22)14-9-11-23-13-14/h4-7,9,11,13,16,18H,3,8,10,12H2,1-2H3,(H,20,22). The van der Waals surface area contributed by atoms with Crippen LogP contribution >= 0.6 is 23.1 Å². The summed E-state index contributed by atoms with van der Waals surface area (Å²) in [6.45, 7) is 3.46. The molecule has 1 aromatic carbocycles. The van der Waals surface area contributed by atoms with Gasteiger partial charge in [0.1, 0.15) is 0 Å². The van der Waals surface area contributed by atoms with Gasteiger partial charge in [0.2, 0.25) is 0 Å². The van der Waals surface area contributed by atoms with Gasteiger partial charge in [-0.15, -0.1) is 11.8 Å². The van der Waals surface area contributed by atoms with E-state index in [9.17, 15) is 4.79 Å². The first-order valence-electron chi connectivity index (χ1n) is 8.46. The van der Waals surface area contributed by atoms with Gasteiger partial charge in [-0.1, -0.05) is 6.92 Å². The smallest absolute Gasteiger partial charge is 0.256 e. The molecule has 2 atom stereocenters. The quantitative estimate of drug-likeness (QED) is 0.817. The largest absolute Gasteiger partial charge is 0.322 e. The number of anilines is 1. The van der Waals surface area contributed by atoms with Crippen LogP contribution in [0, 0.1) is 0 Å². The van der Waals surface area contributed by atoms with Crippen LogP contribution in [0.2, 0.25) is 0 Å². The zero-order valence-electron chi connectivity index (χ0n) is 14.2. The van der Waals surface area contributed by atoms with Crippen LogP contribution in [0.4, 0.5) is 5.69 Å². The van der Waals surface area contributed by atoms with Crippen molar-refractivity contribution in [1.29, 1.82) is 0 Å². The summed E-state index contributed by atoms with van der Waals surface area (Å²) in [7, 11) is 2.24. The van der Waals surface area contributed by atoms with E-state index < -0.39 is 0 Å². The van der Waals surface area contributed by atoms with Crippen LogP contribution in [-0.4, -0.2) is 35.7 Å². The normalized spacial score (nSPS) is 21.6. The molecule has 1 aromatic heterocycles. The molecule has 3 rings (SSSR count). The Hall–Kier alpha value is -1.30. The SMILES string of the molecule is CCC1CC(Sc2ccc(NC(=O)c3ccsc3)cc2)CCN1C. The maximum Gasteiger partial charge on any atom is 0.256 e. The summed E-state index contributed by atoms with van der Waals surface area (Å²) in [6, 6.07) is 10.8. The third-order valence-corrected chi connectivity index (χ3v) is 6.62. The number of rotatable bonds is 5. The Bertz CT molecular complexity index is 655. The molecule has 1 aliphatic rings. The Morgan fingerprint density at radius 1 is 1.33 bits per heavy atom. The molecular formula is C19H24N2OS2. The summed E-state index contributed by atoms with van der Waals surface area (Å²) in [4.78, 5) is 15.8. The fraction of sp³-hybridized carbons (Fsp3) is 0.421. The number of benzene rings is 1. The molecule has 0 radical (unpaired) electrons. The molecular weight excluding hydrogens is 336 g/mol. The topological polar surface area (TPSA) is 32.3 Å². The van der Waals surface area contributed by atoms with Crippen molar-refractivity contribution < 1.29 is 4.79 Å². The highest BCUT2D eigenvalue weighted by atomic mass is 32.2. The molecule has 1 aliphatic heterocycles. The van der Waals surface area contributed by atoms with Crippen molar-refractivity contribution in [2.75, 3.05) is 18.9 Å². The molecule has 2 unspecified atom stereocenters. The Kier molecular flexibility index (Phi) is 5.98. The summed E-state index contributed by atoms with van der Waals surface area (Å²) in [5.74, 6) is -0.0437. The number of nitrogens with one attached hydrogen (secondary N) is 1. The Balaban J connectivity index is 1.56. The molecule has 5 heteroatoms. The van der Waals surface area contributed by atoms with Crippen molar-refractivity contribution in [2.45, 2.75) is 42.4 Å². The lowest BCUT2D eigenvalue weighted by Crippen LogP contribution is -2.40. The van der Waals surface area contributed by atoms with E-state index in [1.807, 2.05) is 40.7 Å². The maximum atomic E-state index is 12.1. The second kappa shape index (κ2) is 8.19. The van der Waals surface area contributed by atoms with Gasteiger partial charge < -0.3 is 10.2 Å². The van der Waals surface area contributed by atoms with Crippen molar-refractivity contribution in [1.82, 2.24) is 4.90 Å². The minimum atomic E-state index is -0.0437. The lowest BCUT2D eigenvalue weighted by molar-refractivity contribution is 0.102. The highest BCUT2D eigenvalue weighted by Gasteiger charge is 2.25. The lowest BCUT2D eigenvalue weighted by Gasteiger charge is -2.36. The molecule has 1 fully saturated rings. The van der Waals surface area contributed by atoms with Gasteiger partial charge >= 0.3 is 0 Å². The monoisotopic (exact) mass is 360 g/mol. The fourth-order valence-electron chi connectivity index (χ4n) is 3.12. The number of hydrogen-bond donors (Lipinski definition) is 1. The third-order valence-electron chi connectivity index (χ3n) is 4.63. The van der Waals surface area contributed by atoms with E-state index in [4.69, 9.17) is 0 Å². The van der Waals surface area contributed by atoms with Crippen LogP contribution in [-0.2, 0) is 0 Å². The molecule has 2 aromatic rings. The van der Waals surface area contributed by atoms with Gasteiger partial charge in [-0.25, -0.2) is 0 Å². The van der Waals surface area contributed by atoms with Gasteiger partial charge in [-0.2, -0.15) is 11.3 Å². The van der Waals surface area contributed by atoms with Crippen molar-refractivity contribution in [2.24, 2.45) is 0 Å². The third kappa shape index (κ3) is 4.41. The van der Waals surface area contributed by atoms with Crippen molar-refractivity contribution >= 4 is 34.7 Å². The summed E-state index contributed by atoms with van der Waals surface area (Å²) >= 11 is 3.51. The minimum Gasteiger partial charge on any atom is -0.322 e. The van der Waals surface area contributed by atoms with Crippen LogP contribution in [0.15, 0.2) is 46.0 Å². The van der Waals surface area contributed by atoms with Gasteiger partial charge in [-0.05, 0) is 68.6 Å². The highest BCUT2D eigenvalue weighted by molar-refractivity contribution is 8.00. The minimum absolute atomic E-state index is 0.0437. The summed E-state index contributed by atoms with van der Waals surface area (Å²) < 4.78 is 0. The van der Waals surface area contributed by atoms with Crippen molar-refractivity contribution in [3.8, 4) is 0 Å².